The van der Waals surface area contributed by atoms with Gasteiger partial charge in [-0.05, 0) is 53.9 Å². The molecule has 4 rings (SSSR count). The second-order valence-corrected chi connectivity index (χ2v) is 7.89. The minimum atomic E-state index is -0.354. The number of nitrogens with one attached hydrogen (secondary N) is 2. The van der Waals surface area contributed by atoms with Gasteiger partial charge in [0.1, 0.15) is 0 Å². The number of benzene rings is 2. The number of thiazole rings is 1. The van der Waals surface area contributed by atoms with Gasteiger partial charge in [0.25, 0.3) is 11.8 Å². The smallest absolute Gasteiger partial charge is 0.293 e. The summed E-state index contributed by atoms with van der Waals surface area (Å²) in [5.74, 6) is 0.118. The summed E-state index contributed by atoms with van der Waals surface area (Å²) in [7, 11) is 0. The molecule has 0 bridgehead atoms. The molecule has 0 saturated carbocycles. The molecule has 0 unspecified atom stereocenters. The first-order valence-corrected chi connectivity index (χ1v) is 9.98. The highest BCUT2D eigenvalue weighted by molar-refractivity contribution is 7.22. The maximum Gasteiger partial charge on any atom is 0.293 e. The van der Waals surface area contributed by atoms with Gasteiger partial charge >= 0.3 is 0 Å². The van der Waals surface area contributed by atoms with Crippen molar-refractivity contribution in [3.8, 4) is 0 Å². The second-order valence-electron chi connectivity index (χ2n) is 6.86. The van der Waals surface area contributed by atoms with Crippen molar-refractivity contribution in [1.29, 1.82) is 0 Å². The first kappa shape index (κ1) is 18.9. The van der Waals surface area contributed by atoms with E-state index in [1.54, 1.807) is 18.2 Å². The SMILES string of the molecule is CC(C)c1ccc(C(=O)Nc2ccc3nc(NC(=O)c4ccco4)sc3c2)cc1. The van der Waals surface area contributed by atoms with E-state index in [-0.39, 0.29) is 17.6 Å². The molecular weight excluding hydrogens is 386 g/mol. The standard InChI is InChI=1S/C22H19N3O3S/c1-13(2)14-5-7-15(8-6-14)20(26)23-16-9-10-17-19(12-16)29-22(24-17)25-21(27)18-4-3-11-28-18/h3-13H,1-2H3,(H,23,26)(H,24,25,27). The molecule has 29 heavy (non-hydrogen) atoms. The van der Waals surface area contributed by atoms with Gasteiger partial charge in [-0.1, -0.05) is 37.3 Å². The van der Waals surface area contributed by atoms with E-state index in [2.05, 4.69) is 29.5 Å². The van der Waals surface area contributed by atoms with Crippen LogP contribution in [0.5, 0.6) is 0 Å². The van der Waals surface area contributed by atoms with E-state index < -0.39 is 0 Å². The fourth-order valence-electron chi connectivity index (χ4n) is 2.84. The minimum Gasteiger partial charge on any atom is -0.459 e. The Balaban J connectivity index is 1.48. The number of carbonyl (C=O) groups excluding carboxylic acids is 2. The van der Waals surface area contributed by atoms with Gasteiger partial charge in [0.15, 0.2) is 10.9 Å². The number of nitrogens with zero attached hydrogens (tertiary/aromatic N) is 1. The van der Waals surface area contributed by atoms with Crippen LogP contribution >= 0.6 is 11.3 Å². The summed E-state index contributed by atoms with van der Waals surface area (Å²) in [5, 5.41) is 6.10. The largest absolute Gasteiger partial charge is 0.459 e. The topological polar surface area (TPSA) is 84.2 Å². The number of rotatable bonds is 5. The van der Waals surface area contributed by atoms with Crippen molar-refractivity contribution >= 4 is 44.2 Å². The summed E-state index contributed by atoms with van der Waals surface area (Å²) >= 11 is 1.33. The van der Waals surface area contributed by atoms with E-state index >= 15 is 0 Å². The van der Waals surface area contributed by atoms with E-state index in [9.17, 15) is 9.59 Å². The van der Waals surface area contributed by atoms with Crippen molar-refractivity contribution in [3.63, 3.8) is 0 Å². The van der Waals surface area contributed by atoms with Crippen molar-refractivity contribution < 1.29 is 14.0 Å². The number of hydrogen-bond acceptors (Lipinski definition) is 5. The summed E-state index contributed by atoms with van der Waals surface area (Å²) < 4.78 is 5.94. The number of anilines is 2. The molecule has 0 aliphatic heterocycles. The fraction of sp³-hybridized carbons (Fsp3) is 0.136. The van der Waals surface area contributed by atoms with E-state index in [0.717, 1.165) is 10.2 Å². The Labute approximate surface area is 171 Å². The van der Waals surface area contributed by atoms with Crippen LogP contribution in [0.15, 0.2) is 65.3 Å². The zero-order valence-corrected chi connectivity index (χ0v) is 16.7. The third kappa shape index (κ3) is 4.20. The van der Waals surface area contributed by atoms with Crippen molar-refractivity contribution in [2.75, 3.05) is 10.6 Å². The molecular formula is C22H19N3O3S. The predicted octanol–water partition coefficient (Wildman–Crippen LogP) is 5.52. The molecule has 2 N–H and O–H groups in total. The van der Waals surface area contributed by atoms with Crippen LogP contribution in [-0.4, -0.2) is 16.8 Å². The number of hydrogen-bond donors (Lipinski definition) is 2. The Bertz CT molecular complexity index is 1160. The molecule has 146 valence electrons. The highest BCUT2D eigenvalue weighted by atomic mass is 32.1. The summed E-state index contributed by atoms with van der Waals surface area (Å²) in [5.41, 5.74) is 3.20. The lowest BCUT2D eigenvalue weighted by atomic mass is 10.0. The number of carbonyl (C=O) groups is 2. The number of aromatic nitrogens is 1. The summed E-state index contributed by atoms with van der Waals surface area (Å²) in [4.78, 5) is 29.0. The van der Waals surface area contributed by atoms with E-state index in [1.807, 2.05) is 36.4 Å². The summed E-state index contributed by atoms with van der Waals surface area (Å²) in [6.07, 6.45) is 1.44. The molecule has 6 nitrogen and oxygen atoms in total. The lowest BCUT2D eigenvalue weighted by Crippen LogP contribution is -2.11. The zero-order valence-electron chi connectivity index (χ0n) is 15.9. The highest BCUT2D eigenvalue weighted by Crippen LogP contribution is 2.29. The first-order valence-electron chi connectivity index (χ1n) is 9.16. The number of fused-ring (bicyclic) bond motifs is 1. The second kappa shape index (κ2) is 7.89. The van der Waals surface area contributed by atoms with Gasteiger partial charge in [0.2, 0.25) is 0 Å². The maximum atomic E-state index is 12.5. The number of amides is 2. The van der Waals surface area contributed by atoms with Crippen LogP contribution in [0.4, 0.5) is 10.8 Å². The van der Waals surface area contributed by atoms with Crippen LogP contribution in [-0.2, 0) is 0 Å². The van der Waals surface area contributed by atoms with Gasteiger partial charge in [-0.2, -0.15) is 0 Å². The van der Waals surface area contributed by atoms with Crippen molar-refractivity contribution in [2.45, 2.75) is 19.8 Å². The molecule has 0 saturated heterocycles. The van der Waals surface area contributed by atoms with Gasteiger partial charge in [-0.3, -0.25) is 14.9 Å². The van der Waals surface area contributed by atoms with E-state index in [1.165, 1.54) is 23.2 Å². The van der Waals surface area contributed by atoms with Gasteiger partial charge in [0, 0.05) is 11.3 Å². The lowest BCUT2D eigenvalue weighted by Gasteiger charge is -2.08. The van der Waals surface area contributed by atoms with E-state index in [0.29, 0.717) is 22.3 Å². The van der Waals surface area contributed by atoms with Gasteiger partial charge < -0.3 is 9.73 Å². The average molecular weight is 405 g/mol. The Morgan fingerprint density at radius 3 is 2.48 bits per heavy atom. The van der Waals surface area contributed by atoms with Gasteiger partial charge in [0.05, 0.1) is 16.5 Å². The fourth-order valence-corrected chi connectivity index (χ4v) is 3.75. The van der Waals surface area contributed by atoms with Crippen LogP contribution in [0.2, 0.25) is 0 Å². The molecule has 7 heteroatoms. The van der Waals surface area contributed by atoms with Crippen LogP contribution in [0, 0.1) is 0 Å². The van der Waals surface area contributed by atoms with Crippen LogP contribution in [0.3, 0.4) is 0 Å². The molecule has 2 aromatic carbocycles. The zero-order chi connectivity index (χ0) is 20.4. The maximum absolute atomic E-state index is 12.5. The Morgan fingerprint density at radius 1 is 1.00 bits per heavy atom. The molecule has 2 aromatic heterocycles. The van der Waals surface area contributed by atoms with Crippen LogP contribution in [0.25, 0.3) is 10.2 Å². The van der Waals surface area contributed by atoms with Crippen molar-refractivity contribution in [3.05, 3.63) is 77.7 Å². The third-order valence-electron chi connectivity index (χ3n) is 4.45. The average Bonchev–Trinajstić information content (AvgIpc) is 3.37. The molecule has 0 aliphatic rings. The van der Waals surface area contributed by atoms with Crippen LogP contribution in [0.1, 0.15) is 46.2 Å². The number of furan rings is 1. The Hall–Kier alpha value is -3.45. The van der Waals surface area contributed by atoms with Gasteiger partial charge in [-0.15, -0.1) is 0 Å². The predicted molar refractivity (Wildman–Crippen MR) is 115 cm³/mol. The quantitative estimate of drug-likeness (QED) is 0.458. The molecule has 0 atom stereocenters. The molecule has 0 fully saturated rings. The van der Waals surface area contributed by atoms with E-state index in [4.69, 9.17) is 4.42 Å². The molecule has 0 radical (unpaired) electrons. The Kier molecular flexibility index (Phi) is 5.14. The third-order valence-corrected chi connectivity index (χ3v) is 5.38. The van der Waals surface area contributed by atoms with Crippen molar-refractivity contribution in [2.24, 2.45) is 0 Å². The molecule has 4 aromatic rings. The molecule has 0 spiro atoms. The molecule has 2 heterocycles. The summed E-state index contributed by atoms with van der Waals surface area (Å²) in [6, 6.07) is 16.3. The van der Waals surface area contributed by atoms with Crippen molar-refractivity contribution in [1.82, 2.24) is 4.98 Å². The minimum absolute atomic E-state index is 0.171. The monoisotopic (exact) mass is 405 g/mol. The lowest BCUT2D eigenvalue weighted by molar-refractivity contribution is 0.0994. The molecule has 2 amide bonds. The molecule has 0 aliphatic carbocycles. The summed E-state index contributed by atoms with van der Waals surface area (Å²) in [6.45, 7) is 4.23. The Morgan fingerprint density at radius 2 is 1.79 bits per heavy atom. The van der Waals surface area contributed by atoms with Gasteiger partial charge in [-0.25, -0.2) is 4.98 Å². The first-order chi connectivity index (χ1) is 14.0. The van der Waals surface area contributed by atoms with Crippen LogP contribution < -0.4 is 10.6 Å². The highest BCUT2D eigenvalue weighted by Gasteiger charge is 2.13. The normalized spacial score (nSPS) is 11.0.